The Kier molecular flexibility index (Phi) is 10.2. The molecule has 220 valence electrons. The van der Waals surface area contributed by atoms with Gasteiger partial charge in [-0.2, -0.15) is 0 Å². The molecule has 3 aromatic rings. The fourth-order valence-corrected chi connectivity index (χ4v) is 4.56. The molecule has 0 bridgehead atoms. The van der Waals surface area contributed by atoms with Crippen LogP contribution in [0.4, 0.5) is 0 Å². The van der Waals surface area contributed by atoms with Crippen molar-refractivity contribution in [1.82, 2.24) is 0 Å². The lowest BCUT2D eigenvalue weighted by atomic mass is 9.87. The van der Waals surface area contributed by atoms with Gasteiger partial charge in [-0.1, -0.05) is 61.7 Å². The lowest BCUT2D eigenvalue weighted by Gasteiger charge is -2.24. The van der Waals surface area contributed by atoms with E-state index in [0.717, 1.165) is 45.9 Å². The van der Waals surface area contributed by atoms with Gasteiger partial charge in [-0.15, -0.1) is 0 Å². The third kappa shape index (κ3) is 7.46. The van der Waals surface area contributed by atoms with Crippen LogP contribution < -0.4 is 9.47 Å². The summed E-state index contributed by atoms with van der Waals surface area (Å²) in [6.45, 7) is 9.46. The topological polar surface area (TPSA) is 112 Å². The number of carbonyl (C=O) groups excluding carboxylic acids is 2. The zero-order valence-corrected chi connectivity index (χ0v) is 23.9. The normalized spacial score (nSPS) is 13.5. The maximum atomic E-state index is 11.8. The van der Waals surface area contributed by atoms with Gasteiger partial charge in [0.15, 0.2) is 0 Å². The molecule has 2 atom stereocenters. The number of ether oxygens (including phenoxy) is 4. The molecule has 0 radical (unpaired) electrons. The molecule has 2 unspecified atom stereocenters. The Morgan fingerprint density at radius 1 is 0.786 bits per heavy atom. The molecule has 0 saturated heterocycles. The lowest BCUT2D eigenvalue weighted by Crippen LogP contribution is -2.26. The van der Waals surface area contributed by atoms with Crippen LogP contribution in [0.1, 0.15) is 31.4 Å². The fraction of sp³-hybridized carbons (Fsp3) is 0.294. The van der Waals surface area contributed by atoms with Crippen molar-refractivity contribution in [3.05, 3.63) is 90.0 Å². The van der Waals surface area contributed by atoms with Crippen molar-refractivity contribution in [1.29, 1.82) is 0 Å². The number of esters is 2. The zero-order valence-electron chi connectivity index (χ0n) is 23.9. The first kappa shape index (κ1) is 30.6. The van der Waals surface area contributed by atoms with Crippen molar-refractivity contribution in [2.75, 3.05) is 26.4 Å². The van der Waals surface area contributed by atoms with Gasteiger partial charge in [0.1, 0.15) is 50.1 Å². The molecular weight excluding hydrogens is 536 g/mol. The molecule has 8 heteroatoms. The number of fused-ring (bicyclic) bond motifs is 2. The van der Waals surface area contributed by atoms with Crippen LogP contribution in [0.3, 0.4) is 0 Å². The van der Waals surface area contributed by atoms with Gasteiger partial charge in [0, 0.05) is 22.3 Å². The number of allylic oxidation sites excluding steroid dienone is 1. The third-order valence-corrected chi connectivity index (χ3v) is 6.68. The lowest BCUT2D eigenvalue weighted by molar-refractivity contribution is -0.143. The van der Waals surface area contributed by atoms with Crippen LogP contribution in [0.5, 0.6) is 11.5 Å². The van der Waals surface area contributed by atoms with E-state index in [4.69, 9.17) is 18.9 Å². The zero-order chi connectivity index (χ0) is 30.2. The first-order chi connectivity index (χ1) is 20.2. The monoisotopic (exact) mass is 572 g/mol. The Hall–Kier alpha value is -4.40. The van der Waals surface area contributed by atoms with E-state index in [2.05, 4.69) is 25.3 Å². The average Bonchev–Trinajstić information content (AvgIpc) is 2.99. The summed E-state index contributed by atoms with van der Waals surface area (Å²) in [7, 11) is 0. The quantitative estimate of drug-likeness (QED) is 0.213. The van der Waals surface area contributed by atoms with Gasteiger partial charge >= 0.3 is 11.9 Å². The Balaban J connectivity index is 1.69. The van der Waals surface area contributed by atoms with Gasteiger partial charge in [-0.25, -0.2) is 9.59 Å². The Labute approximate surface area is 245 Å². The molecule has 0 fully saturated rings. The highest BCUT2D eigenvalue weighted by Gasteiger charge is 2.23. The van der Waals surface area contributed by atoms with Crippen LogP contribution in [0.2, 0.25) is 0 Å². The van der Waals surface area contributed by atoms with Crippen LogP contribution in [0.25, 0.3) is 28.0 Å². The van der Waals surface area contributed by atoms with Crippen molar-refractivity contribution in [2.24, 2.45) is 0 Å². The Bertz CT molecular complexity index is 1520. The summed E-state index contributed by atoms with van der Waals surface area (Å²) in [6.07, 6.45) is 3.80. The third-order valence-electron chi connectivity index (χ3n) is 6.68. The Morgan fingerprint density at radius 2 is 1.36 bits per heavy atom. The maximum Gasteiger partial charge on any atom is 0.333 e. The second-order valence-electron chi connectivity index (χ2n) is 10.3. The number of benzene rings is 3. The van der Waals surface area contributed by atoms with E-state index >= 15 is 0 Å². The molecular formula is C34H36O8. The number of carbonyl (C=O) groups is 2. The van der Waals surface area contributed by atoms with E-state index in [0.29, 0.717) is 11.5 Å². The minimum absolute atomic E-state index is 0.118. The van der Waals surface area contributed by atoms with Crippen molar-refractivity contribution < 1.29 is 38.7 Å². The summed E-state index contributed by atoms with van der Waals surface area (Å²) in [4.78, 5) is 23.5. The molecule has 0 aliphatic heterocycles. The highest BCUT2D eigenvalue weighted by Crippen LogP contribution is 2.46. The van der Waals surface area contributed by atoms with Crippen LogP contribution in [0.15, 0.2) is 78.9 Å². The minimum Gasteiger partial charge on any atom is -0.490 e. The number of aryl methyl sites for hydroxylation is 1. The maximum absolute atomic E-state index is 11.8. The van der Waals surface area contributed by atoms with Crippen molar-refractivity contribution in [3.63, 3.8) is 0 Å². The predicted octanol–water partition coefficient (Wildman–Crippen LogP) is 5.18. The second-order valence-corrected chi connectivity index (χ2v) is 10.3. The summed E-state index contributed by atoms with van der Waals surface area (Å²) < 4.78 is 22.5. The summed E-state index contributed by atoms with van der Waals surface area (Å²) in [5, 5.41) is 22.9. The number of hydrogen-bond acceptors (Lipinski definition) is 8. The number of hydrogen-bond donors (Lipinski definition) is 2. The molecule has 0 heterocycles. The molecule has 0 saturated carbocycles. The summed E-state index contributed by atoms with van der Waals surface area (Å²) in [5.74, 6) is -0.140. The van der Waals surface area contributed by atoms with E-state index in [1.165, 1.54) is 13.8 Å². The van der Waals surface area contributed by atoms with E-state index < -0.39 is 24.1 Å². The van der Waals surface area contributed by atoms with Crippen molar-refractivity contribution >= 4 is 28.8 Å². The minimum atomic E-state index is -1.06. The smallest absolute Gasteiger partial charge is 0.333 e. The predicted molar refractivity (Wildman–Crippen MR) is 161 cm³/mol. The average molecular weight is 573 g/mol. The first-order valence-corrected chi connectivity index (χ1v) is 13.8. The molecule has 3 aromatic carbocycles. The number of aliphatic hydroxyl groups excluding tert-OH is 2. The largest absolute Gasteiger partial charge is 0.490 e. The molecule has 2 N–H and O–H groups in total. The number of aliphatic hydroxyl groups is 2. The van der Waals surface area contributed by atoms with E-state index in [1.807, 2.05) is 48.5 Å². The van der Waals surface area contributed by atoms with Gasteiger partial charge in [-0.3, -0.25) is 0 Å². The van der Waals surface area contributed by atoms with Crippen molar-refractivity contribution in [2.45, 2.75) is 38.9 Å². The number of rotatable bonds is 13. The summed E-state index contributed by atoms with van der Waals surface area (Å²) in [6, 6.07) is 15.5. The van der Waals surface area contributed by atoms with Crippen LogP contribution in [0, 0.1) is 0 Å². The SMILES string of the molecule is C=C(C)C(=O)OCC(O)COc1ccc2c(c1-c1c(OCC(O)COC(=O)C(=C)C)ccc3ccccc13)C=CCC2. The summed E-state index contributed by atoms with van der Waals surface area (Å²) in [5.41, 5.74) is 4.15. The van der Waals surface area contributed by atoms with E-state index in [1.54, 1.807) is 0 Å². The van der Waals surface area contributed by atoms with E-state index in [9.17, 15) is 19.8 Å². The highest BCUT2D eigenvalue weighted by atomic mass is 16.6. The van der Waals surface area contributed by atoms with Crippen LogP contribution in [-0.4, -0.2) is 60.8 Å². The van der Waals surface area contributed by atoms with E-state index in [-0.39, 0.29) is 37.6 Å². The first-order valence-electron chi connectivity index (χ1n) is 13.8. The van der Waals surface area contributed by atoms with Crippen LogP contribution >= 0.6 is 0 Å². The molecule has 0 amide bonds. The molecule has 1 aliphatic carbocycles. The molecule has 42 heavy (non-hydrogen) atoms. The molecule has 4 rings (SSSR count). The highest BCUT2D eigenvalue weighted by molar-refractivity contribution is 6.03. The standard InChI is InChI=1S/C34H36O8/c1-21(2)33(37)41-19-25(35)17-39-29-15-13-23-9-5-7-11-27(23)31(29)32-28-12-8-6-10-24(28)14-16-30(32)40-18-26(36)20-42-34(38)22(3)4/h5,7-9,11-16,25-26,35-36H,1,3,6,10,17-20H2,2,4H3. The molecule has 8 nitrogen and oxygen atoms in total. The van der Waals surface area contributed by atoms with Gasteiger partial charge in [-0.05, 0) is 60.7 Å². The second kappa shape index (κ2) is 14.0. The Morgan fingerprint density at radius 3 is 1.98 bits per heavy atom. The molecule has 1 aliphatic rings. The van der Waals surface area contributed by atoms with Gasteiger partial charge in [0.2, 0.25) is 0 Å². The van der Waals surface area contributed by atoms with Gasteiger partial charge in [0.25, 0.3) is 0 Å². The van der Waals surface area contributed by atoms with Gasteiger partial charge < -0.3 is 29.2 Å². The molecule has 0 aromatic heterocycles. The fourth-order valence-electron chi connectivity index (χ4n) is 4.56. The van der Waals surface area contributed by atoms with Crippen molar-refractivity contribution in [3.8, 4) is 22.6 Å². The summed E-state index contributed by atoms with van der Waals surface area (Å²) >= 11 is 0. The van der Waals surface area contributed by atoms with Gasteiger partial charge in [0.05, 0.1) is 0 Å². The molecule has 0 spiro atoms. The van der Waals surface area contributed by atoms with Crippen LogP contribution in [-0.2, 0) is 25.5 Å².